The molecule has 0 saturated carbocycles. The van der Waals surface area contributed by atoms with Gasteiger partial charge in [-0.1, -0.05) is 23.2 Å². The molecule has 0 unspecified atom stereocenters. The lowest BCUT2D eigenvalue weighted by atomic mass is 10.2. The van der Waals surface area contributed by atoms with E-state index < -0.39 is 5.91 Å². The first-order valence-corrected chi connectivity index (χ1v) is 10.8. The fraction of sp³-hybridized carbons (Fsp3) is 0.167. The number of hydrogen-bond donors (Lipinski definition) is 1. The third-order valence-electron chi connectivity index (χ3n) is 5.02. The summed E-state index contributed by atoms with van der Waals surface area (Å²) in [6, 6.07) is 14.5. The quantitative estimate of drug-likeness (QED) is 0.265. The summed E-state index contributed by atoms with van der Waals surface area (Å²) in [5.41, 5.74) is 6.83. The Morgan fingerprint density at radius 2 is 1.94 bits per heavy atom. The lowest BCUT2D eigenvalue weighted by molar-refractivity contribution is 0.0929. The average Bonchev–Trinajstić information content (AvgIpc) is 3.31. The molecule has 4 aromatic rings. The molecule has 2 aromatic heterocycles. The van der Waals surface area contributed by atoms with E-state index in [1.807, 2.05) is 49.6 Å². The first-order chi connectivity index (χ1) is 15.4. The van der Waals surface area contributed by atoms with E-state index in [9.17, 15) is 4.79 Å². The molecule has 32 heavy (non-hydrogen) atoms. The highest BCUT2D eigenvalue weighted by molar-refractivity contribution is 6.42. The molecule has 0 spiro atoms. The zero-order valence-corrected chi connectivity index (χ0v) is 19.3. The number of amides is 1. The third kappa shape index (κ3) is 4.38. The van der Waals surface area contributed by atoms with Crippen LogP contribution in [0.15, 0.2) is 58.0 Å². The van der Waals surface area contributed by atoms with Crippen molar-refractivity contribution in [2.45, 2.75) is 20.8 Å². The van der Waals surface area contributed by atoms with Crippen molar-refractivity contribution in [3.05, 3.63) is 81.3 Å². The number of furan rings is 1. The monoisotopic (exact) mass is 469 g/mol. The van der Waals surface area contributed by atoms with Gasteiger partial charge in [0, 0.05) is 28.0 Å². The minimum Gasteiger partial charge on any atom is -0.494 e. The van der Waals surface area contributed by atoms with Crippen molar-refractivity contribution in [3.8, 4) is 11.4 Å². The Kier molecular flexibility index (Phi) is 6.26. The van der Waals surface area contributed by atoms with Gasteiger partial charge in [-0.05, 0) is 69.3 Å². The normalized spacial score (nSPS) is 11.4. The summed E-state index contributed by atoms with van der Waals surface area (Å²) >= 11 is 12.2. The standard InChI is InChI=1S/C24H21Cl2N3O3/c1-4-31-19-6-8-22-16(10-19)11-23(32-22)24(30)28-27-13-17-9-14(2)29(15(17)3)18-5-7-20(25)21(26)12-18/h5-13H,4H2,1-3H3,(H,28,30)/b27-13-. The highest BCUT2D eigenvalue weighted by atomic mass is 35.5. The van der Waals surface area contributed by atoms with Crippen LogP contribution in [-0.2, 0) is 0 Å². The predicted octanol–water partition coefficient (Wildman–Crippen LogP) is 6.31. The molecule has 1 amide bonds. The fourth-order valence-electron chi connectivity index (χ4n) is 3.55. The molecule has 1 N–H and O–H groups in total. The van der Waals surface area contributed by atoms with Crippen molar-refractivity contribution in [1.29, 1.82) is 0 Å². The van der Waals surface area contributed by atoms with Crippen molar-refractivity contribution in [1.82, 2.24) is 9.99 Å². The molecular formula is C24H21Cl2N3O3. The topological polar surface area (TPSA) is 68.8 Å². The van der Waals surface area contributed by atoms with Crippen LogP contribution in [0.2, 0.25) is 10.0 Å². The summed E-state index contributed by atoms with van der Waals surface area (Å²) in [5, 5.41) is 5.88. The average molecular weight is 470 g/mol. The molecule has 0 aliphatic rings. The van der Waals surface area contributed by atoms with Crippen molar-refractivity contribution < 1.29 is 13.9 Å². The maximum absolute atomic E-state index is 12.5. The summed E-state index contributed by atoms with van der Waals surface area (Å²) in [6.45, 7) is 6.43. The number of aromatic nitrogens is 1. The van der Waals surface area contributed by atoms with Crippen molar-refractivity contribution in [3.63, 3.8) is 0 Å². The van der Waals surface area contributed by atoms with E-state index in [2.05, 4.69) is 10.5 Å². The lowest BCUT2D eigenvalue weighted by Crippen LogP contribution is -2.16. The van der Waals surface area contributed by atoms with Gasteiger partial charge in [0.2, 0.25) is 0 Å². The number of nitrogens with one attached hydrogen (secondary N) is 1. The van der Waals surface area contributed by atoms with E-state index in [-0.39, 0.29) is 5.76 Å². The largest absolute Gasteiger partial charge is 0.494 e. The smallest absolute Gasteiger partial charge is 0.307 e. The van der Waals surface area contributed by atoms with Crippen LogP contribution in [0, 0.1) is 13.8 Å². The van der Waals surface area contributed by atoms with Gasteiger partial charge < -0.3 is 13.7 Å². The van der Waals surface area contributed by atoms with Crippen LogP contribution in [0.3, 0.4) is 0 Å². The number of nitrogens with zero attached hydrogens (tertiary/aromatic N) is 2. The number of halogens is 2. The zero-order chi connectivity index (χ0) is 22.8. The molecule has 6 nitrogen and oxygen atoms in total. The number of benzene rings is 2. The van der Waals surface area contributed by atoms with Crippen molar-refractivity contribution in [2.24, 2.45) is 5.10 Å². The van der Waals surface area contributed by atoms with E-state index in [4.69, 9.17) is 32.4 Å². The Morgan fingerprint density at radius 1 is 1.12 bits per heavy atom. The molecule has 0 aliphatic heterocycles. The lowest BCUT2D eigenvalue weighted by Gasteiger charge is -2.10. The van der Waals surface area contributed by atoms with Crippen LogP contribution in [0.5, 0.6) is 5.75 Å². The van der Waals surface area contributed by atoms with Crippen LogP contribution in [-0.4, -0.2) is 23.3 Å². The van der Waals surface area contributed by atoms with E-state index in [1.54, 1.807) is 30.5 Å². The summed E-state index contributed by atoms with van der Waals surface area (Å²) in [7, 11) is 0. The number of hydrogen-bond acceptors (Lipinski definition) is 4. The highest BCUT2D eigenvalue weighted by Gasteiger charge is 2.13. The Labute approximate surface area is 195 Å². The first-order valence-electron chi connectivity index (χ1n) is 10.0. The molecule has 0 fully saturated rings. The van der Waals surface area contributed by atoms with E-state index in [0.717, 1.165) is 33.8 Å². The van der Waals surface area contributed by atoms with Gasteiger partial charge in [0.05, 0.1) is 22.9 Å². The number of ether oxygens (including phenoxy) is 1. The number of fused-ring (bicyclic) bond motifs is 1. The Hall–Kier alpha value is -3.22. The summed E-state index contributed by atoms with van der Waals surface area (Å²) in [6.07, 6.45) is 1.60. The summed E-state index contributed by atoms with van der Waals surface area (Å²) in [4.78, 5) is 12.5. The highest BCUT2D eigenvalue weighted by Crippen LogP contribution is 2.27. The van der Waals surface area contributed by atoms with Gasteiger partial charge in [-0.3, -0.25) is 4.79 Å². The third-order valence-corrected chi connectivity index (χ3v) is 5.76. The molecule has 164 valence electrons. The molecular weight excluding hydrogens is 449 g/mol. The molecule has 2 aromatic carbocycles. The number of rotatable bonds is 6. The van der Waals surface area contributed by atoms with Gasteiger partial charge in [-0.25, -0.2) is 5.43 Å². The second kappa shape index (κ2) is 9.10. The van der Waals surface area contributed by atoms with Crippen LogP contribution < -0.4 is 10.2 Å². The van der Waals surface area contributed by atoms with Crippen LogP contribution in [0.25, 0.3) is 16.7 Å². The Morgan fingerprint density at radius 3 is 2.69 bits per heavy atom. The van der Waals surface area contributed by atoms with Crippen LogP contribution in [0.1, 0.15) is 34.4 Å². The Balaban J connectivity index is 1.51. The summed E-state index contributed by atoms with van der Waals surface area (Å²) < 4.78 is 13.1. The number of carbonyl (C=O) groups is 1. The van der Waals surface area contributed by atoms with E-state index >= 15 is 0 Å². The van der Waals surface area contributed by atoms with Crippen molar-refractivity contribution >= 4 is 46.3 Å². The van der Waals surface area contributed by atoms with Gasteiger partial charge in [0.15, 0.2) is 5.76 Å². The van der Waals surface area contributed by atoms with Gasteiger partial charge in [0.1, 0.15) is 11.3 Å². The van der Waals surface area contributed by atoms with Crippen LogP contribution in [0.4, 0.5) is 0 Å². The van der Waals surface area contributed by atoms with Crippen molar-refractivity contribution in [2.75, 3.05) is 6.61 Å². The molecule has 4 rings (SSSR count). The zero-order valence-electron chi connectivity index (χ0n) is 17.8. The van der Waals surface area contributed by atoms with E-state index in [1.165, 1.54) is 0 Å². The van der Waals surface area contributed by atoms with Gasteiger partial charge in [-0.2, -0.15) is 5.10 Å². The van der Waals surface area contributed by atoms with Crippen LogP contribution >= 0.6 is 23.2 Å². The maximum Gasteiger partial charge on any atom is 0.307 e. The molecule has 0 bridgehead atoms. The molecule has 8 heteroatoms. The molecule has 0 radical (unpaired) electrons. The number of aryl methyl sites for hydroxylation is 1. The molecule has 0 aliphatic carbocycles. The second-order valence-corrected chi connectivity index (χ2v) is 8.02. The maximum atomic E-state index is 12.5. The molecule has 2 heterocycles. The van der Waals surface area contributed by atoms with Gasteiger partial charge in [-0.15, -0.1) is 0 Å². The van der Waals surface area contributed by atoms with Gasteiger partial charge >= 0.3 is 5.91 Å². The fourth-order valence-corrected chi connectivity index (χ4v) is 3.84. The SMILES string of the molecule is CCOc1ccc2oc(C(=O)N/N=C\c3cc(C)n(-c4ccc(Cl)c(Cl)c4)c3C)cc2c1. The van der Waals surface area contributed by atoms with Gasteiger partial charge in [0.25, 0.3) is 0 Å². The Bertz CT molecular complexity index is 1340. The van der Waals surface area contributed by atoms with E-state index in [0.29, 0.717) is 22.2 Å². The first kappa shape index (κ1) is 22.0. The summed E-state index contributed by atoms with van der Waals surface area (Å²) in [5.74, 6) is 0.462. The molecule has 0 atom stereocenters. The second-order valence-electron chi connectivity index (χ2n) is 7.20. The number of carbonyl (C=O) groups excluding carboxylic acids is 1. The number of hydrazone groups is 1. The molecule has 0 saturated heterocycles. The minimum atomic E-state index is -0.436. The minimum absolute atomic E-state index is 0.173. The predicted molar refractivity (Wildman–Crippen MR) is 128 cm³/mol.